The zero-order chi connectivity index (χ0) is 22.2. The molecule has 1 aromatic heterocycles. The summed E-state index contributed by atoms with van der Waals surface area (Å²) in [5.41, 5.74) is 7.69. The average Bonchev–Trinajstić information content (AvgIpc) is 2.79. The van der Waals surface area contributed by atoms with Crippen molar-refractivity contribution in [3.63, 3.8) is 0 Å². The van der Waals surface area contributed by atoms with Crippen LogP contribution in [0.4, 0.5) is 0 Å². The van der Waals surface area contributed by atoms with Gasteiger partial charge < -0.3 is 0 Å². The lowest BCUT2D eigenvalue weighted by atomic mass is 9.71. The molecule has 0 atom stereocenters. The van der Waals surface area contributed by atoms with Crippen LogP contribution >= 0.6 is 11.8 Å². The second-order valence-corrected chi connectivity index (χ2v) is 11.9. The molecule has 32 heavy (non-hydrogen) atoms. The number of hydrogen-bond acceptors (Lipinski definition) is 1. The van der Waals surface area contributed by atoms with Crippen molar-refractivity contribution in [3.05, 3.63) is 65.4 Å². The maximum atomic E-state index is 2.53. The molecular weight excluding hydrogens is 406 g/mol. The number of aryl methyl sites for hydroxylation is 3. The summed E-state index contributed by atoms with van der Waals surface area (Å²) in [7, 11) is 2.21. The van der Waals surface area contributed by atoms with Crippen LogP contribution in [0.15, 0.2) is 58.5 Å². The highest BCUT2D eigenvalue weighted by atomic mass is 32.2. The lowest BCUT2D eigenvalue weighted by Crippen LogP contribution is -2.32. The van der Waals surface area contributed by atoms with E-state index in [0.29, 0.717) is 11.3 Å². The minimum absolute atomic E-state index is 0.506. The van der Waals surface area contributed by atoms with Crippen LogP contribution in [0.25, 0.3) is 32.8 Å². The molecule has 1 nitrogen and oxygen atoms in total. The molecular formula is C30H32NS+. The Morgan fingerprint density at radius 1 is 0.938 bits per heavy atom. The number of benzene rings is 3. The molecule has 162 valence electrons. The van der Waals surface area contributed by atoms with E-state index in [0.717, 1.165) is 0 Å². The van der Waals surface area contributed by atoms with Crippen LogP contribution in [-0.4, -0.2) is 0 Å². The molecule has 0 bridgehead atoms. The van der Waals surface area contributed by atoms with Crippen LogP contribution < -0.4 is 4.57 Å². The molecule has 0 spiro atoms. The smallest absolute Gasteiger partial charge is 0.200 e. The lowest BCUT2D eigenvalue weighted by Gasteiger charge is -2.35. The topological polar surface area (TPSA) is 3.88 Å². The van der Waals surface area contributed by atoms with Gasteiger partial charge in [-0.15, -0.1) is 0 Å². The fourth-order valence-electron chi connectivity index (χ4n) is 6.11. The van der Waals surface area contributed by atoms with Crippen LogP contribution in [-0.2, 0) is 7.05 Å². The van der Waals surface area contributed by atoms with E-state index in [2.05, 4.69) is 88.0 Å². The summed E-state index contributed by atoms with van der Waals surface area (Å²) >= 11 is 2.00. The average molecular weight is 439 g/mol. The van der Waals surface area contributed by atoms with Gasteiger partial charge in [0.1, 0.15) is 7.05 Å². The molecule has 0 amide bonds. The first kappa shape index (κ1) is 20.3. The summed E-state index contributed by atoms with van der Waals surface area (Å²) in [6.07, 6.45) is 7.56. The monoisotopic (exact) mass is 438 g/mol. The molecule has 2 aliphatic rings. The van der Waals surface area contributed by atoms with E-state index < -0.39 is 0 Å². The number of hydrogen-bond donors (Lipinski definition) is 0. The fraction of sp³-hybridized carbons (Fsp3) is 0.367. The minimum Gasteiger partial charge on any atom is -0.200 e. The van der Waals surface area contributed by atoms with Crippen molar-refractivity contribution >= 4 is 33.3 Å². The summed E-state index contributed by atoms with van der Waals surface area (Å²) in [4.78, 5) is 2.89. The fourth-order valence-corrected chi connectivity index (χ4v) is 7.46. The molecule has 0 radical (unpaired) electrons. The van der Waals surface area contributed by atoms with Gasteiger partial charge in [-0.1, -0.05) is 55.9 Å². The van der Waals surface area contributed by atoms with E-state index in [1.807, 2.05) is 11.8 Å². The van der Waals surface area contributed by atoms with Crippen molar-refractivity contribution in [2.24, 2.45) is 12.5 Å². The van der Waals surface area contributed by atoms with E-state index in [1.54, 1.807) is 5.56 Å². The van der Waals surface area contributed by atoms with Gasteiger partial charge in [-0.3, -0.25) is 0 Å². The van der Waals surface area contributed by atoms with Gasteiger partial charge in [0.25, 0.3) is 0 Å². The Hall–Kier alpha value is -2.32. The van der Waals surface area contributed by atoms with Gasteiger partial charge in [-0.2, -0.15) is 0 Å². The molecule has 6 rings (SSSR count). The summed E-state index contributed by atoms with van der Waals surface area (Å²) in [6, 6.07) is 16.3. The Balaban J connectivity index is 1.60. The van der Waals surface area contributed by atoms with E-state index in [-0.39, 0.29) is 0 Å². The first-order valence-corrected chi connectivity index (χ1v) is 12.8. The van der Waals surface area contributed by atoms with Crippen molar-refractivity contribution in [1.29, 1.82) is 0 Å². The maximum Gasteiger partial charge on any atom is 0.222 e. The van der Waals surface area contributed by atoms with Gasteiger partial charge in [0.15, 0.2) is 6.20 Å². The normalized spacial score (nSPS) is 17.7. The lowest BCUT2D eigenvalue weighted by molar-refractivity contribution is -0.659. The third-order valence-electron chi connectivity index (χ3n) is 8.16. The molecule has 0 N–H and O–H groups in total. The zero-order valence-corrected chi connectivity index (χ0v) is 20.7. The second-order valence-electron chi connectivity index (χ2n) is 10.8. The number of aromatic nitrogens is 1. The molecule has 0 unspecified atom stereocenters. The van der Waals surface area contributed by atoms with Crippen molar-refractivity contribution in [3.8, 4) is 11.3 Å². The van der Waals surface area contributed by atoms with Crippen LogP contribution in [0.3, 0.4) is 0 Å². The summed E-state index contributed by atoms with van der Waals surface area (Å²) in [5.74, 6) is 0.697. The Bertz CT molecular complexity index is 1400. The molecule has 0 saturated heterocycles. The molecule has 1 fully saturated rings. The van der Waals surface area contributed by atoms with E-state index in [4.69, 9.17) is 0 Å². The van der Waals surface area contributed by atoms with Gasteiger partial charge in [-0.25, -0.2) is 4.57 Å². The van der Waals surface area contributed by atoms with E-state index in [1.165, 1.54) is 79.4 Å². The van der Waals surface area contributed by atoms with Crippen molar-refractivity contribution in [2.75, 3.05) is 0 Å². The first-order valence-electron chi connectivity index (χ1n) is 12.0. The standard InChI is InChI=1S/C30H32NS/c1-18-23-8-6-7-9-24(23)19(2)29-26(18)28-27-21(12-15-31(28)5)16-22(17-25(27)32-29)20-10-13-30(3,4)14-11-20/h6-9,12,15-17,20H,10-11,13-14H2,1-5H3/q+1. The number of pyridine rings is 1. The van der Waals surface area contributed by atoms with Crippen LogP contribution in [0, 0.1) is 19.3 Å². The molecule has 4 aromatic rings. The van der Waals surface area contributed by atoms with Crippen LogP contribution in [0.2, 0.25) is 0 Å². The molecule has 1 saturated carbocycles. The van der Waals surface area contributed by atoms with Crippen molar-refractivity contribution in [2.45, 2.75) is 69.1 Å². The predicted molar refractivity (Wildman–Crippen MR) is 137 cm³/mol. The van der Waals surface area contributed by atoms with Gasteiger partial charge >= 0.3 is 0 Å². The van der Waals surface area contributed by atoms with Gasteiger partial charge in [0.05, 0.1) is 10.9 Å². The molecule has 2 heterocycles. The molecule has 2 heteroatoms. The van der Waals surface area contributed by atoms with E-state index >= 15 is 0 Å². The van der Waals surface area contributed by atoms with Crippen molar-refractivity contribution in [1.82, 2.24) is 0 Å². The van der Waals surface area contributed by atoms with Crippen LogP contribution in [0.1, 0.15) is 62.1 Å². The largest absolute Gasteiger partial charge is 0.222 e. The maximum absolute atomic E-state index is 2.53. The summed E-state index contributed by atoms with van der Waals surface area (Å²) < 4.78 is 2.34. The summed E-state index contributed by atoms with van der Waals surface area (Å²) in [5, 5.41) is 5.61. The Kier molecular flexibility index (Phi) is 4.50. The highest BCUT2D eigenvalue weighted by Crippen LogP contribution is 2.52. The molecule has 1 aliphatic carbocycles. The molecule has 1 aliphatic heterocycles. The van der Waals surface area contributed by atoms with E-state index in [9.17, 15) is 0 Å². The van der Waals surface area contributed by atoms with Gasteiger partial charge in [-0.05, 0) is 89.8 Å². The quantitative estimate of drug-likeness (QED) is 0.238. The van der Waals surface area contributed by atoms with Crippen molar-refractivity contribution < 1.29 is 4.57 Å². The van der Waals surface area contributed by atoms with Gasteiger partial charge in [0.2, 0.25) is 5.69 Å². The second kappa shape index (κ2) is 7.09. The zero-order valence-electron chi connectivity index (χ0n) is 19.9. The predicted octanol–water partition coefficient (Wildman–Crippen LogP) is 8.25. The Labute approximate surface area is 195 Å². The Morgan fingerprint density at radius 2 is 1.62 bits per heavy atom. The number of nitrogens with zero attached hydrogens (tertiary/aromatic N) is 1. The number of fused-ring (bicyclic) bond motifs is 3. The highest BCUT2D eigenvalue weighted by molar-refractivity contribution is 7.99. The first-order chi connectivity index (χ1) is 15.3. The minimum atomic E-state index is 0.506. The van der Waals surface area contributed by atoms with Gasteiger partial charge in [0, 0.05) is 15.9 Å². The third-order valence-corrected chi connectivity index (χ3v) is 9.42. The highest BCUT2D eigenvalue weighted by Gasteiger charge is 2.33. The van der Waals surface area contributed by atoms with Crippen LogP contribution in [0.5, 0.6) is 0 Å². The molecule has 3 aromatic carbocycles. The Morgan fingerprint density at radius 3 is 2.34 bits per heavy atom. The number of rotatable bonds is 1. The summed E-state index contributed by atoms with van der Waals surface area (Å²) in [6.45, 7) is 9.48. The SMILES string of the molecule is Cc1c2c(c(C)c3ccccc13)-c1c3c(cc(C4CCC(C)(C)CC4)cc3cc[n+]1C)S2. The third kappa shape index (κ3) is 2.95.